The van der Waals surface area contributed by atoms with E-state index in [1.807, 2.05) is 28.8 Å². The summed E-state index contributed by atoms with van der Waals surface area (Å²) >= 11 is 1.62. The molecule has 1 saturated heterocycles. The van der Waals surface area contributed by atoms with Crippen molar-refractivity contribution in [2.45, 2.75) is 36.4 Å². The molecule has 1 atom stereocenters. The zero-order chi connectivity index (χ0) is 19.6. The molecule has 0 unspecified atom stereocenters. The van der Waals surface area contributed by atoms with Crippen LogP contribution >= 0.6 is 11.8 Å². The lowest BCUT2D eigenvalue weighted by Gasteiger charge is -2.16. The van der Waals surface area contributed by atoms with Gasteiger partial charge in [-0.2, -0.15) is 0 Å². The summed E-state index contributed by atoms with van der Waals surface area (Å²) in [5.41, 5.74) is 2.02. The highest BCUT2D eigenvalue weighted by molar-refractivity contribution is 7.98. The summed E-state index contributed by atoms with van der Waals surface area (Å²) in [5, 5.41) is 3.90. The lowest BCUT2D eigenvalue weighted by atomic mass is 10.1. The first-order chi connectivity index (χ1) is 14.3. The fraction of sp³-hybridized carbons (Fsp3) is 0.250. The number of benzene rings is 3. The van der Waals surface area contributed by atoms with E-state index in [0.29, 0.717) is 11.9 Å². The maximum atomic E-state index is 13.2. The molecule has 4 nitrogen and oxygen atoms in total. The van der Waals surface area contributed by atoms with Crippen LogP contribution in [0.1, 0.15) is 18.4 Å². The van der Waals surface area contributed by atoms with Crippen LogP contribution in [0.5, 0.6) is 0 Å². The third-order valence-electron chi connectivity index (χ3n) is 5.47. The van der Waals surface area contributed by atoms with Gasteiger partial charge in [0.25, 0.3) is 5.56 Å². The Balaban J connectivity index is 1.53. The minimum Gasteiger partial charge on any atom is -0.376 e. The summed E-state index contributed by atoms with van der Waals surface area (Å²) in [4.78, 5) is 18.1. The first kappa shape index (κ1) is 18.4. The van der Waals surface area contributed by atoms with Crippen LogP contribution in [0, 0.1) is 0 Å². The first-order valence-corrected chi connectivity index (χ1v) is 11.0. The monoisotopic (exact) mass is 402 g/mol. The van der Waals surface area contributed by atoms with Gasteiger partial charge in [-0.15, -0.1) is 0 Å². The van der Waals surface area contributed by atoms with E-state index >= 15 is 0 Å². The summed E-state index contributed by atoms with van der Waals surface area (Å²) in [6.07, 6.45) is 2.14. The Morgan fingerprint density at radius 1 is 1.00 bits per heavy atom. The Morgan fingerprint density at radius 2 is 1.79 bits per heavy atom. The molecule has 5 heteroatoms. The third-order valence-corrected chi connectivity index (χ3v) is 6.50. The summed E-state index contributed by atoms with van der Waals surface area (Å²) in [6.45, 7) is 1.34. The van der Waals surface area contributed by atoms with Gasteiger partial charge in [0.2, 0.25) is 0 Å². The molecule has 0 N–H and O–H groups in total. The number of hydrogen-bond acceptors (Lipinski definition) is 4. The minimum atomic E-state index is 0.0199. The number of rotatable bonds is 5. The SMILES string of the molecule is O=c1c2ccccc2nc(SCc2cccc3ccccc23)n1C[C@H]1CCCO1. The van der Waals surface area contributed by atoms with Gasteiger partial charge in [0.15, 0.2) is 5.16 Å². The second-order valence-electron chi connectivity index (χ2n) is 7.39. The van der Waals surface area contributed by atoms with Gasteiger partial charge in [-0.05, 0) is 41.3 Å². The fourth-order valence-corrected chi connectivity index (χ4v) is 4.98. The van der Waals surface area contributed by atoms with E-state index in [1.165, 1.54) is 16.3 Å². The molecule has 0 saturated carbocycles. The molecule has 1 aliphatic rings. The van der Waals surface area contributed by atoms with Crippen molar-refractivity contribution in [3.63, 3.8) is 0 Å². The highest BCUT2D eigenvalue weighted by Crippen LogP contribution is 2.27. The molecule has 4 aromatic rings. The van der Waals surface area contributed by atoms with Crippen molar-refractivity contribution < 1.29 is 4.74 Å². The van der Waals surface area contributed by atoms with Crippen LogP contribution in [0.2, 0.25) is 0 Å². The van der Waals surface area contributed by atoms with Crippen molar-refractivity contribution in [1.82, 2.24) is 9.55 Å². The molecule has 29 heavy (non-hydrogen) atoms. The van der Waals surface area contributed by atoms with Crippen LogP contribution in [0.4, 0.5) is 0 Å². The van der Waals surface area contributed by atoms with Gasteiger partial charge in [-0.3, -0.25) is 9.36 Å². The molecular weight excluding hydrogens is 380 g/mol. The second-order valence-corrected chi connectivity index (χ2v) is 8.33. The average molecular weight is 403 g/mol. The van der Waals surface area contributed by atoms with Crippen molar-refractivity contribution in [2.24, 2.45) is 0 Å². The van der Waals surface area contributed by atoms with Gasteiger partial charge < -0.3 is 4.74 Å². The van der Waals surface area contributed by atoms with E-state index in [4.69, 9.17) is 9.72 Å². The summed E-state index contributed by atoms with van der Waals surface area (Å²) in [6, 6.07) is 22.4. The Bertz CT molecular complexity index is 1220. The lowest BCUT2D eigenvalue weighted by molar-refractivity contribution is 0.0937. The van der Waals surface area contributed by atoms with Crippen molar-refractivity contribution in [1.29, 1.82) is 0 Å². The van der Waals surface area contributed by atoms with Crippen LogP contribution in [0.25, 0.3) is 21.7 Å². The highest BCUT2D eigenvalue weighted by atomic mass is 32.2. The lowest BCUT2D eigenvalue weighted by Crippen LogP contribution is -2.28. The minimum absolute atomic E-state index is 0.0199. The molecule has 0 spiro atoms. The maximum absolute atomic E-state index is 13.2. The normalized spacial score (nSPS) is 16.6. The number of ether oxygens (including phenoxy) is 1. The zero-order valence-corrected chi connectivity index (χ0v) is 16.9. The Kier molecular flexibility index (Phi) is 5.08. The van der Waals surface area contributed by atoms with Gasteiger partial charge in [-0.1, -0.05) is 66.4 Å². The Hall–Kier alpha value is -2.63. The van der Waals surface area contributed by atoms with E-state index in [0.717, 1.165) is 35.9 Å². The molecule has 146 valence electrons. The third kappa shape index (κ3) is 3.68. The van der Waals surface area contributed by atoms with Crippen LogP contribution in [-0.2, 0) is 17.0 Å². The summed E-state index contributed by atoms with van der Waals surface area (Å²) in [5.74, 6) is 0.762. The maximum Gasteiger partial charge on any atom is 0.262 e. The van der Waals surface area contributed by atoms with Crippen molar-refractivity contribution in [2.75, 3.05) is 6.61 Å². The van der Waals surface area contributed by atoms with Gasteiger partial charge in [0.05, 0.1) is 23.6 Å². The van der Waals surface area contributed by atoms with Crippen molar-refractivity contribution in [3.05, 3.63) is 82.6 Å². The predicted octanol–water partition coefficient (Wildman–Crippen LogP) is 5.02. The summed E-state index contributed by atoms with van der Waals surface area (Å²) < 4.78 is 7.62. The van der Waals surface area contributed by atoms with Crippen LogP contribution in [-0.4, -0.2) is 22.3 Å². The van der Waals surface area contributed by atoms with Crippen molar-refractivity contribution >= 4 is 33.4 Å². The van der Waals surface area contributed by atoms with Gasteiger partial charge in [0, 0.05) is 12.4 Å². The van der Waals surface area contributed by atoms with Gasteiger partial charge in [-0.25, -0.2) is 4.98 Å². The van der Waals surface area contributed by atoms with Crippen LogP contribution in [0.15, 0.2) is 76.7 Å². The number of para-hydroxylation sites is 1. The van der Waals surface area contributed by atoms with Crippen molar-refractivity contribution in [3.8, 4) is 0 Å². The van der Waals surface area contributed by atoms with E-state index in [-0.39, 0.29) is 11.7 Å². The summed E-state index contributed by atoms with van der Waals surface area (Å²) in [7, 11) is 0. The largest absolute Gasteiger partial charge is 0.376 e. The number of nitrogens with zero attached hydrogens (tertiary/aromatic N) is 2. The van der Waals surface area contributed by atoms with E-state index < -0.39 is 0 Å². The van der Waals surface area contributed by atoms with Crippen LogP contribution < -0.4 is 5.56 Å². The standard InChI is InChI=1S/C24H22N2O2S/c27-23-21-12-3-4-13-22(21)25-24(26(23)15-19-10-6-14-28-19)29-16-18-9-5-8-17-7-1-2-11-20(17)18/h1-5,7-9,11-13,19H,6,10,14-16H2/t19-/m1/s1. The quantitative estimate of drug-likeness (QED) is 0.347. The molecule has 5 rings (SSSR count). The van der Waals surface area contributed by atoms with E-state index in [1.54, 1.807) is 11.8 Å². The number of fused-ring (bicyclic) bond motifs is 2. The second kappa shape index (κ2) is 8.01. The molecule has 0 bridgehead atoms. The number of hydrogen-bond donors (Lipinski definition) is 0. The molecular formula is C24H22N2O2S. The molecule has 3 aromatic carbocycles. The molecule has 1 aromatic heterocycles. The molecule has 0 aliphatic carbocycles. The Labute approximate surface area is 173 Å². The molecule has 2 heterocycles. The molecule has 0 amide bonds. The van der Waals surface area contributed by atoms with Crippen LogP contribution in [0.3, 0.4) is 0 Å². The zero-order valence-electron chi connectivity index (χ0n) is 16.1. The van der Waals surface area contributed by atoms with Gasteiger partial charge in [0.1, 0.15) is 0 Å². The Morgan fingerprint density at radius 3 is 2.66 bits per heavy atom. The molecule has 0 radical (unpaired) electrons. The molecule has 1 aliphatic heterocycles. The smallest absolute Gasteiger partial charge is 0.262 e. The van der Waals surface area contributed by atoms with E-state index in [9.17, 15) is 4.79 Å². The number of aromatic nitrogens is 2. The topological polar surface area (TPSA) is 44.1 Å². The number of thioether (sulfide) groups is 1. The average Bonchev–Trinajstić information content (AvgIpc) is 3.28. The molecule has 1 fully saturated rings. The first-order valence-electron chi connectivity index (χ1n) is 10.0. The predicted molar refractivity (Wildman–Crippen MR) is 118 cm³/mol. The van der Waals surface area contributed by atoms with Gasteiger partial charge >= 0.3 is 0 Å². The van der Waals surface area contributed by atoms with E-state index in [2.05, 4.69) is 42.5 Å². The fourth-order valence-electron chi connectivity index (χ4n) is 3.97. The highest BCUT2D eigenvalue weighted by Gasteiger charge is 2.20.